The van der Waals surface area contributed by atoms with Crippen molar-refractivity contribution in [1.82, 2.24) is 9.80 Å². The highest BCUT2D eigenvalue weighted by atomic mass is 79.9. The summed E-state index contributed by atoms with van der Waals surface area (Å²) in [6, 6.07) is 4.14. The van der Waals surface area contributed by atoms with Crippen molar-refractivity contribution in [2.45, 2.75) is 12.5 Å². The summed E-state index contributed by atoms with van der Waals surface area (Å²) in [5.74, 6) is -0.162. The third kappa shape index (κ3) is 3.75. The van der Waals surface area contributed by atoms with Gasteiger partial charge in [-0.25, -0.2) is 12.8 Å². The second kappa shape index (κ2) is 6.49. The number of carbonyl (C=O) groups excluding carboxylic acids is 1. The normalized spacial score (nSPS) is 24.8. The summed E-state index contributed by atoms with van der Waals surface area (Å²) in [4.78, 5) is 16.4. The number of piperazine rings is 1. The standard InChI is InChI=1S/C15H18BrFN2O3S/c16-14-2-1-11(17)9-13(14)15(20)19-6-4-18(5-7-19)12-3-8-23(21,22)10-12/h1-2,9,12H,3-8,10H2/t12-/m1/s1. The van der Waals surface area contributed by atoms with Gasteiger partial charge in [0.1, 0.15) is 5.82 Å². The van der Waals surface area contributed by atoms with Crippen molar-refractivity contribution in [3.8, 4) is 0 Å². The Kier molecular flexibility index (Phi) is 4.75. The minimum Gasteiger partial charge on any atom is -0.336 e. The summed E-state index contributed by atoms with van der Waals surface area (Å²) in [7, 11) is -2.90. The Morgan fingerprint density at radius 2 is 1.91 bits per heavy atom. The number of carbonyl (C=O) groups is 1. The molecule has 3 rings (SSSR count). The van der Waals surface area contributed by atoms with Crippen LogP contribution >= 0.6 is 15.9 Å². The molecule has 5 nitrogen and oxygen atoms in total. The maximum atomic E-state index is 13.4. The van der Waals surface area contributed by atoms with Gasteiger partial charge in [0.2, 0.25) is 0 Å². The fourth-order valence-electron chi connectivity index (χ4n) is 3.19. The van der Waals surface area contributed by atoms with Crippen LogP contribution in [0, 0.1) is 5.82 Å². The third-order valence-electron chi connectivity index (χ3n) is 4.49. The molecule has 23 heavy (non-hydrogen) atoms. The number of amides is 1. The highest BCUT2D eigenvalue weighted by Crippen LogP contribution is 2.22. The van der Waals surface area contributed by atoms with E-state index in [1.54, 1.807) is 4.90 Å². The van der Waals surface area contributed by atoms with E-state index in [1.807, 2.05) is 0 Å². The zero-order chi connectivity index (χ0) is 16.6. The Morgan fingerprint density at radius 3 is 2.52 bits per heavy atom. The van der Waals surface area contributed by atoms with E-state index in [0.29, 0.717) is 42.6 Å². The minimum atomic E-state index is -2.90. The van der Waals surface area contributed by atoms with Crippen LogP contribution in [0.4, 0.5) is 4.39 Å². The van der Waals surface area contributed by atoms with Gasteiger partial charge >= 0.3 is 0 Å². The number of benzene rings is 1. The van der Waals surface area contributed by atoms with E-state index in [4.69, 9.17) is 0 Å². The number of nitrogens with zero attached hydrogens (tertiary/aromatic N) is 2. The van der Waals surface area contributed by atoms with Gasteiger partial charge in [-0.1, -0.05) is 0 Å². The van der Waals surface area contributed by atoms with Crippen LogP contribution < -0.4 is 0 Å². The topological polar surface area (TPSA) is 57.7 Å². The number of hydrogen-bond donors (Lipinski definition) is 0. The molecule has 2 fully saturated rings. The van der Waals surface area contributed by atoms with E-state index < -0.39 is 15.7 Å². The predicted octanol–water partition coefficient (Wildman–Crippen LogP) is 1.53. The first-order chi connectivity index (χ1) is 10.9. The number of sulfone groups is 1. The van der Waals surface area contributed by atoms with Crippen LogP contribution in [0.3, 0.4) is 0 Å². The number of halogens is 2. The van der Waals surface area contributed by atoms with Crippen molar-refractivity contribution in [2.24, 2.45) is 0 Å². The smallest absolute Gasteiger partial charge is 0.255 e. The van der Waals surface area contributed by atoms with Crippen molar-refractivity contribution in [3.05, 3.63) is 34.1 Å². The third-order valence-corrected chi connectivity index (χ3v) is 6.93. The van der Waals surface area contributed by atoms with Gasteiger partial charge in [0.15, 0.2) is 9.84 Å². The molecule has 2 aliphatic heterocycles. The average molecular weight is 405 g/mol. The van der Waals surface area contributed by atoms with E-state index >= 15 is 0 Å². The molecule has 0 unspecified atom stereocenters. The molecule has 1 aromatic carbocycles. The Hall–Kier alpha value is -0.990. The van der Waals surface area contributed by atoms with Gasteiger partial charge in [-0.2, -0.15) is 0 Å². The molecule has 126 valence electrons. The van der Waals surface area contributed by atoms with E-state index in [0.717, 1.165) is 0 Å². The molecular formula is C15H18BrFN2O3S. The summed E-state index contributed by atoms with van der Waals surface area (Å²) in [5.41, 5.74) is 0.321. The van der Waals surface area contributed by atoms with Crippen LogP contribution in [0.1, 0.15) is 16.8 Å². The van der Waals surface area contributed by atoms with E-state index in [2.05, 4.69) is 20.8 Å². The minimum absolute atomic E-state index is 0.0677. The van der Waals surface area contributed by atoms with Crippen molar-refractivity contribution in [1.29, 1.82) is 0 Å². The molecule has 0 spiro atoms. The van der Waals surface area contributed by atoms with Crippen LogP contribution in [0.2, 0.25) is 0 Å². The molecule has 2 saturated heterocycles. The second-order valence-electron chi connectivity index (χ2n) is 6.01. The first-order valence-corrected chi connectivity index (χ1v) is 10.2. The molecule has 1 atom stereocenters. The van der Waals surface area contributed by atoms with Crippen LogP contribution in [0.25, 0.3) is 0 Å². The van der Waals surface area contributed by atoms with Gasteiger partial charge in [0.25, 0.3) is 5.91 Å². The van der Waals surface area contributed by atoms with Gasteiger partial charge in [0, 0.05) is 36.7 Å². The Bertz CT molecular complexity index is 717. The Morgan fingerprint density at radius 1 is 1.22 bits per heavy atom. The predicted molar refractivity (Wildman–Crippen MR) is 88.6 cm³/mol. The first kappa shape index (κ1) is 16.9. The van der Waals surface area contributed by atoms with E-state index in [9.17, 15) is 17.6 Å². The maximum absolute atomic E-state index is 13.4. The SMILES string of the molecule is O=C(c1cc(F)ccc1Br)N1CCN([C@@H]2CCS(=O)(=O)C2)CC1. The lowest BCUT2D eigenvalue weighted by Crippen LogP contribution is -2.52. The van der Waals surface area contributed by atoms with Gasteiger partial charge in [-0.15, -0.1) is 0 Å². The fourth-order valence-corrected chi connectivity index (χ4v) is 5.36. The summed E-state index contributed by atoms with van der Waals surface area (Å²) >= 11 is 3.28. The molecule has 0 radical (unpaired) electrons. The molecule has 0 bridgehead atoms. The Labute approximate surface area is 143 Å². The zero-order valence-corrected chi connectivity index (χ0v) is 14.9. The highest BCUT2D eigenvalue weighted by Gasteiger charge is 2.34. The molecule has 0 aromatic heterocycles. The summed E-state index contributed by atoms with van der Waals surface area (Å²) < 4.78 is 37.1. The first-order valence-electron chi connectivity index (χ1n) is 7.54. The average Bonchev–Trinajstić information content (AvgIpc) is 2.89. The van der Waals surface area contributed by atoms with Gasteiger partial charge in [0.05, 0.1) is 17.1 Å². The molecular weight excluding hydrogens is 387 g/mol. The lowest BCUT2D eigenvalue weighted by Gasteiger charge is -2.37. The second-order valence-corrected chi connectivity index (χ2v) is 9.09. The lowest BCUT2D eigenvalue weighted by molar-refractivity contribution is 0.0586. The molecule has 8 heteroatoms. The van der Waals surface area contributed by atoms with Crippen molar-refractivity contribution >= 4 is 31.7 Å². The fraction of sp³-hybridized carbons (Fsp3) is 0.533. The quantitative estimate of drug-likeness (QED) is 0.749. The van der Waals surface area contributed by atoms with E-state index in [1.165, 1.54) is 18.2 Å². The van der Waals surface area contributed by atoms with Crippen molar-refractivity contribution in [3.63, 3.8) is 0 Å². The number of hydrogen-bond acceptors (Lipinski definition) is 4. The van der Waals surface area contributed by atoms with Crippen molar-refractivity contribution in [2.75, 3.05) is 37.7 Å². The van der Waals surface area contributed by atoms with Gasteiger partial charge in [-0.05, 0) is 40.5 Å². The highest BCUT2D eigenvalue weighted by molar-refractivity contribution is 9.10. The molecule has 0 N–H and O–H groups in total. The molecule has 1 aromatic rings. The maximum Gasteiger partial charge on any atom is 0.255 e. The molecule has 0 aliphatic carbocycles. The van der Waals surface area contributed by atoms with Crippen LogP contribution in [-0.2, 0) is 9.84 Å². The monoisotopic (exact) mass is 404 g/mol. The van der Waals surface area contributed by atoms with E-state index in [-0.39, 0.29) is 23.5 Å². The Balaban J connectivity index is 1.63. The van der Waals surface area contributed by atoms with Gasteiger partial charge in [-0.3, -0.25) is 9.69 Å². The summed E-state index contributed by atoms with van der Waals surface area (Å²) in [6.07, 6.45) is 0.672. The van der Waals surface area contributed by atoms with Gasteiger partial charge < -0.3 is 4.90 Å². The molecule has 0 saturated carbocycles. The zero-order valence-electron chi connectivity index (χ0n) is 12.5. The van der Waals surface area contributed by atoms with Crippen molar-refractivity contribution < 1.29 is 17.6 Å². The molecule has 2 heterocycles. The lowest BCUT2D eigenvalue weighted by atomic mass is 10.1. The molecule has 2 aliphatic rings. The van der Waals surface area contributed by atoms with Crippen LogP contribution in [0.15, 0.2) is 22.7 Å². The summed E-state index contributed by atoms with van der Waals surface area (Å²) in [5, 5.41) is 0. The molecule has 1 amide bonds. The summed E-state index contributed by atoms with van der Waals surface area (Å²) in [6.45, 7) is 2.36. The number of rotatable bonds is 2. The van der Waals surface area contributed by atoms with Crippen LogP contribution in [-0.4, -0.2) is 67.9 Å². The van der Waals surface area contributed by atoms with Crippen LogP contribution in [0.5, 0.6) is 0 Å². The largest absolute Gasteiger partial charge is 0.336 e.